The summed E-state index contributed by atoms with van der Waals surface area (Å²) in [5, 5.41) is 2.69. The maximum absolute atomic E-state index is 2.31. The highest BCUT2D eigenvalue weighted by Gasteiger charge is 2.04. The van der Waals surface area contributed by atoms with Gasteiger partial charge in [-0.05, 0) is 27.7 Å². The zero-order valence-electron chi connectivity index (χ0n) is 8.66. The highest BCUT2D eigenvalue weighted by Crippen LogP contribution is 2.16. The molecule has 0 amide bonds. The molecule has 0 atom stereocenters. The van der Waals surface area contributed by atoms with Crippen LogP contribution in [-0.4, -0.2) is 12.5 Å². The van der Waals surface area contributed by atoms with Gasteiger partial charge in [-0.1, -0.05) is 36.4 Å². The molecule has 0 saturated heterocycles. The number of hydrogen-bond acceptors (Lipinski definition) is 0. The zero-order chi connectivity index (χ0) is 9.97. The first-order valence-corrected chi connectivity index (χ1v) is 6.98. The van der Waals surface area contributed by atoms with E-state index in [2.05, 4.69) is 55.0 Å². The molecule has 72 valence electrons. The Morgan fingerprint density at radius 1 is 0.929 bits per heavy atom. The van der Waals surface area contributed by atoms with Crippen LogP contribution in [0.4, 0.5) is 0 Å². The van der Waals surface area contributed by atoms with Crippen molar-refractivity contribution in [3.05, 3.63) is 48.0 Å². The number of fused-ring (bicyclic) bond motifs is 1. The summed E-state index contributed by atoms with van der Waals surface area (Å²) in [6.45, 7) is 0. The molecule has 0 heterocycles. The summed E-state index contributed by atoms with van der Waals surface area (Å²) in [6, 6.07) is 15.3. The summed E-state index contributed by atoms with van der Waals surface area (Å²) in [5.74, 6) is 1.20. The molecule has 0 saturated carbocycles. The van der Waals surface area contributed by atoms with Crippen LogP contribution >= 0.6 is 0 Å². The van der Waals surface area contributed by atoms with Crippen molar-refractivity contribution >= 4 is 21.7 Å². The molecule has 2 rings (SSSR count). The fourth-order valence-electron chi connectivity index (χ4n) is 1.66. The van der Waals surface area contributed by atoms with E-state index in [1.54, 1.807) is 0 Å². The van der Waals surface area contributed by atoms with Crippen molar-refractivity contribution in [1.29, 1.82) is 0 Å². The molecule has 1 heteroatoms. The number of benzene rings is 2. The zero-order valence-corrected chi connectivity index (χ0v) is 9.47. The lowest BCUT2D eigenvalue weighted by Gasteiger charge is -2.01. The minimum atomic E-state index is 0.491. The van der Waals surface area contributed by atoms with Crippen LogP contribution in [0.15, 0.2) is 42.5 Å². The summed E-state index contributed by atoms with van der Waals surface area (Å²) < 4.78 is 0. The van der Waals surface area contributed by atoms with Crippen molar-refractivity contribution in [3.8, 4) is 0 Å². The van der Waals surface area contributed by atoms with Crippen molar-refractivity contribution in [2.45, 2.75) is 5.75 Å². The normalized spacial score (nSPS) is 11.1. The Bertz CT molecular complexity index is 432. The van der Waals surface area contributed by atoms with E-state index in [4.69, 9.17) is 0 Å². The Labute approximate surface area is 88.3 Å². The van der Waals surface area contributed by atoms with E-state index in [9.17, 15) is 0 Å². The largest absolute Gasteiger partial charge is 0.132 e. The molecule has 2 aromatic carbocycles. The molecule has 0 aromatic heterocycles. The Morgan fingerprint density at radius 2 is 1.64 bits per heavy atom. The molecule has 2 aromatic rings. The molecule has 0 unspecified atom stereocenters. The smallest absolute Gasteiger partial charge is 0.0616 e. The third kappa shape index (κ3) is 2.10. The first-order chi connectivity index (χ1) is 6.75. The van der Waals surface area contributed by atoms with E-state index in [0.29, 0.717) is 10.9 Å². The molecule has 0 aliphatic carbocycles. The van der Waals surface area contributed by atoms with Gasteiger partial charge in [-0.2, -0.15) is 0 Å². The third-order valence-electron chi connectivity index (χ3n) is 2.27. The number of hydrogen-bond donors (Lipinski definition) is 0. The second kappa shape index (κ2) is 4.05. The molecule has 0 aliphatic rings. The SMILES string of the molecule is C[S+](C)Cc1ccc2ccccc2c1. The maximum Gasteiger partial charge on any atom is 0.132 e. The third-order valence-corrected chi connectivity index (χ3v) is 3.18. The standard InChI is InChI=1S/C13H15S/c1-14(2)10-11-7-8-12-5-3-4-6-13(12)9-11/h3-9H,10H2,1-2H3/q+1. The van der Waals surface area contributed by atoms with Gasteiger partial charge in [0.25, 0.3) is 0 Å². The van der Waals surface area contributed by atoms with E-state index >= 15 is 0 Å². The minimum Gasteiger partial charge on any atom is -0.0616 e. The van der Waals surface area contributed by atoms with Crippen LogP contribution in [0.5, 0.6) is 0 Å². The lowest BCUT2D eigenvalue weighted by Crippen LogP contribution is -1.98. The van der Waals surface area contributed by atoms with Gasteiger partial charge >= 0.3 is 0 Å². The van der Waals surface area contributed by atoms with Gasteiger partial charge in [-0.25, -0.2) is 0 Å². The van der Waals surface area contributed by atoms with Crippen LogP contribution in [0, 0.1) is 0 Å². The van der Waals surface area contributed by atoms with Gasteiger partial charge in [0, 0.05) is 5.56 Å². The van der Waals surface area contributed by atoms with E-state index < -0.39 is 0 Å². The first kappa shape index (κ1) is 9.60. The Morgan fingerprint density at radius 3 is 2.36 bits per heavy atom. The highest BCUT2D eigenvalue weighted by molar-refractivity contribution is 7.94. The van der Waals surface area contributed by atoms with Crippen molar-refractivity contribution in [1.82, 2.24) is 0 Å². The van der Waals surface area contributed by atoms with Crippen molar-refractivity contribution < 1.29 is 0 Å². The summed E-state index contributed by atoms with van der Waals surface area (Å²) in [5.41, 5.74) is 1.46. The fraction of sp³-hybridized carbons (Fsp3) is 0.231. The molecular weight excluding hydrogens is 188 g/mol. The van der Waals surface area contributed by atoms with Crippen LogP contribution in [-0.2, 0) is 16.6 Å². The lowest BCUT2D eigenvalue weighted by molar-refractivity contribution is 1.43. The highest BCUT2D eigenvalue weighted by atomic mass is 32.2. The second-order valence-corrected chi connectivity index (χ2v) is 6.07. The van der Waals surface area contributed by atoms with Crippen molar-refractivity contribution in [3.63, 3.8) is 0 Å². The Hall–Kier alpha value is -0.950. The summed E-state index contributed by atoms with van der Waals surface area (Å²) in [6.07, 6.45) is 4.57. The minimum absolute atomic E-state index is 0.491. The molecule has 0 radical (unpaired) electrons. The van der Waals surface area contributed by atoms with Gasteiger partial charge in [-0.3, -0.25) is 0 Å². The maximum atomic E-state index is 2.31. The number of rotatable bonds is 2. The van der Waals surface area contributed by atoms with E-state index in [1.807, 2.05) is 0 Å². The van der Waals surface area contributed by atoms with E-state index in [1.165, 1.54) is 22.1 Å². The molecule has 0 fully saturated rings. The second-order valence-electron chi connectivity index (χ2n) is 3.81. The Kier molecular flexibility index (Phi) is 2.78. The quantitative estimate of drug-likeness (QED) is 0.657. The summed E-state index contributed by atoms with van der Waals surface area (Å²) in [7, 11) is 0.491. The van der Waals surface area contributed by atoms with Crippen LogP contribution in [0.3, 0.4) is 0 Å². The topological polar surface area (TPSA) is 0 Å². The predicted octanol–water partition coefficient (Wildman–Crippen LogP) is 3.22. The molecule has 0 spiro atoms. The van der Waals surface area contributed by atoms with Gasteiger partial charge in [0.05, 0.1) is 12.5 Å². The average molecular weight is 203 g/mol. The van der Waals surface area contributed by atoms with Crippen molar-refractivity contribution in [2.24, 2.45) is 0 Å². The van der Waals surface area contributed by atoms with Gasteiger partial charge in [0.1, 0.15) is 5.75 Å². The van der Waals surface area contributed by atoms with Gasteiger partial charge in [0.2, 0.25) is 0 Å². The van der Waals surface area contributed by atoms with Gasteiger partial charge < -0.3 is 0 Å². The first-order valence-electron chi connectivity index (χ1n) is 4.77. The van der Waals surface area contributed by atoms with Crippen LogP contribution in [0.25, 0.3) is 10.8 Å². The summed E-state index contributed by atoms with van der Waals surface area (Å²) in [4.78, 5) is 0. The monoisotopic (exact) mass is 203 g/mol. The summed E-state index contributed by atoms with van der Waals surface area (Å²) >= 11 is 0. The lowest BCUT2D eigenvalue weighted by atomic mass is 10.1. The van der Waals surface area contributed by atoms with E-state index in [-0.39, 0.29) is 0 Å². The van der Waals surface area contributed by atoms with Crippen molar-refractivity contribution in [2.75, 3.05) is 12.5 Å². The fourth-order valence-corrected chi connectivity index (χ4v) is 2.51. The van der Waals surface area contributed by atoms with Gasteiger partial charge in [0.15, 0.2) is 0 Å². The van der Waals surface area contributed by atoms with Crippen LogP contribution in [0.1, 0.15) is 5.56 Å². The molecule has 0 nitrogen and oxygen atoms in total. The predicted molar refractivity (Wildman–Crippen MR) is 66.9 cm³/mol. The average Bonchev–Trinajstić information content (AvgIpc) is 2.17. The van der Waals surface area contributed by atoms with E-state index in [0.717, 1.165) is 0 Å². The Balaban J connectivity index is 2.41. The molecule has 0 bridgehead atoms. The van der Waals surface area contributed by atoms with Crippen LogP contribution in [0.2, 0.25) is 0 Å². The molecule has 14 heavy (non-hydrogen) atoms. The molecule has 0 aliphatic heterocycles. The van der Waals surface area contributed by atoms with Crippen LogP contribution < -0.4 is 0 Å². The van der Waals surface area contributed by atoms with Gasteiger partial charge in [-0.15, -0.1) is 0 Å². The molecule has 0 N–H and O–H groups in total. The molecular formula is C13H15S+.